The largest absolute Gasteiger partial charge is 0.349 e. The van der Waals surface area contributed by atoms with Crippen molar-refractivity contribution < 1.29 is 9.47 Å². The lowest BCUT2D eigenvalue weighted by atomic mass is 10.2. The molecule has 1 aromatic heterocycles. The fourth-order valence-electron chi connectivity index (χ4n) is 2.31. The quantitative estimate of drug-likeness (QED) is 0.693. The molecule has 0 N–H and O–H groups in total. The van der Waals surface area contributed by atoms with E-state index in [1.165, 1.54) is 6.20 Å². The Morgan fingerprint density at radius 1 is 1.29 bits per heavy atom. The minimum Gasteiger partial charge on any atom is -0.349 e. The van der Waals surface area contributed by atoms with Gasteiger partial charge in [0.15, 0.2) is 17.3 Å². The summed E-state index contributed by atoms with van der Waals surface area (Å²) in [4.78, 5) is 10.2. The first-order valence-corrected chi connectivity index (χ1v) is 5.57. The van der Waals surface area contributed by atoms with Gasteiger partial charge in [-0.1, -0.05) is 0 Å². The molecule has 2 saturated heterocycles. The summed E-state index contributed by atoms with van der Waals surface area (Å²) in [5.74, 6) is 0.121. The van der Waals surface area contributed by atoms with Gasteiger partial charge in [0.1, 0.15) is 6.07 Å². The predicted octanol–water partition coefficient (Wildman–Crippen LogP) is 0.301. The van der Waals surface area contributed by atoms with E-state index in [0.29, 0.717) is 31.3 Å². The highest BCUT2D eigenvalue weighted by atomic mass is 16.7. The third-order valence-corrected chi connectivity index (χ3v) is 3.09. The Hall–Kier alpha value is -1.71. The molecule has 0 saturated carbocycles. The maximum atomic E-state index is 8.99. The van der Waals surface area contributed by atoms with E-state index in [4.69, 9.17) is 14.7 Å². The van der Waals surface area contributed by atoms with Crippen LogP contribution in [0.15, 0.2) is 12.4 Å². The van der Waals surface area contributed by atoms with Crippen molar-refractivity contribution in [2.24, 2.45) is 0 Å². The zero-order valence-electron chi connectivity index (χ0n) is 9.30. The topological polar surface area (TPSA) is 71.3 Å². The highest BCUT2D eigenvalue weighted by Gasteiger charge is 2.44. The van der Waals surface area contributed by atoms with Gasteiger partial charge in [0.2, 0.25) is 0 Å². The molecule has 3 heterocycles. The molecule has 0 radical (unpaired) electrons. The second-order valence-corrected chi connectivity index (χ2v) is 4.12. The van der Waals surface area contributed by atoms with Crippen molar-refractivity contribution in [3.05, 3.63) is 18.1 Å². The Morgan fingerprint density at radius 2 is 2.06 bits per heavy atom. The predicted molar refractivity (Wildman–Crippen MR) is 58.2 cm³/mol. The van der Waals surface area contributed by atoms with Gasteiger partial charge in [-0.3, -0.25) is 0 Å². The van der Waals surface area contributed by atoms with Crippen molar-refractivity contribution >= 4 is 5.82 Å². The Labute approximate surface area is 98.8 Å². The van der Waals surface area contributed by atoms with Gasteiger partial charge in [-0.2, -0.15) is 5.26 Å². The summed E-state index contributed by atoms with van der Waals surface area (Å²) < 4.78 is 11.3. The number of hydrogen-bond acceptors (Lipinski definition) is 6. The molecule has 0 aliphatic carbocycles. The van der Waals surface area contributed by atoms with Crippen LogP contribution < -0.4 is 4.90 Å². The molecule has 0 bridgehead atoms. The standard InChI is InChI=1S/C11H12N4O2/c12-7-9-10(14-3-2-13-9)15-4-1-11(8-15)16-5-6-17-11/h2-3H,1,4-6,8H2. The van der Waals surface area contributed by atoms with Crippen LogP contribution in [0.1, 0.15) is 12.1 Å². The monoisotopic (exact) mass is 232 g/mol. The summed E-state index contributed by atoms with van der Waals surface area (Å²) in [6.45, 7) is 2.66. The van der Waals surface area contributed by atoms with Gasteiger partial charge in [0.05, 0.1) is 19.8 Å². The molecule has 2 fully saturated rings. The van der Waals surface area contributed by atoms with E-state index in [0.717, 1.165) is 13.0 Å². The third-order valence-electron chi connectivity index (χ3n) is 3.09. The molecule has 2 aliphatic heterocycles. The van der Waals surface area contributed by atoms with Gasteiger partial charge in [-0.25, -0.2) is 9.97 Å². The van der Waals surface area contributed by atoms with E-state index in [1.807, 2.05) is 4.90 Å². The van der Waals surface area contributed by atoms with Gasteiger partial charge in [0, 0.05) is 25.4 Å². The molecule has 0 unspecified atom stereocenters. The molecule has 2 aliphatic rings. The lowest BCUT2D eigenvalue weighted by Gasteiger charge is -2.22. The molecule has 6 heteroatoms. The Kier molecular flexibility index (Phi) is 2.42. The van der Waals surface area contributed by atoms with Gasteiger partial charge >= 0.3 is 0 Å². The fraction of sp³-hybridized carbons (Fsp3) is 0.545. The van der Waals surface area contributed by atoms with E-state index in [9.17, 15) is 0 Å². The number of aromatic nitrogens is 2. The molecular weight excluding hydrogens is 220 g/mol. The lowest BCUT2D eigenvalue weighted by Crippen LogP contribution is -2.34. The summed E-state index contributed by atoms with van der Waals surface area (Å²) in [5, 5.41) is 8.99. The zero-order chi connectivity index (χ0) is 11.7. The highest BCUT2D eigenvalue weighted by molar-refractivity contribution is 5.50. The summed E-state index contributed by atoms with van der Waals surface area (Å²) in [7, 11) is 0. The first-order chi connectivity index (χ1) is 8.33. The number of nitrogens with zero attached hydrogens (tertiary/aromatic N) is 4. The van der Waals surface area contributed by atoms with E-state index in [2.05, 4.69) is 16.0 Å². The summed E-state index contributed by atoms with van der Waals surface area (Å²) >= 11 is 0. The molecule has 0 aromatic carbocycles. The van der Waals surface area contributed by atoms with Crippen LogP contribution >= 0.6 is 0 Å². The van der Waals surface area contributed by atoms with Crippen LogP contribution in [0, 0.1) is 11.3 Å². The first kappa shape index (κ1) is 10.4. The minimum atomic E-state index is -0.496. The average molecular weight is 232 g/mol. The first-order valence-electron chi connectivity index (χ1n) is 5.57. The second kappa shape index (κ2) is 3.95. The van der Waals surface area contributed by atoms with Gasteiger partial charge in [-0.05, 0) is 0 Å². The molecule has 17 heavy (non-hydrogen) atoms. The van der Waals surface area contributed by atoms with E-state index >= 15 is 0 Å². The number of nitriles is 1. The number of rotatable bonds is 1. The van der Waals surface area contributed by atoms with Crippen molar-refractivity contribution in [2.75, 3.05) is 31.2 Å². The van der Waals surface area contributed by atoms with Crippen molar-refractivity contribution in [3.63, 3.8) is 0 Å². The Bertz CT molecular complexity index is 465. The summed E-state index contributed by atoms with van der Waals surface area (Å²) in [5.41, 5.74) is 0.350. The Balaban J connectivity index is 1.85. The zero-order valence-corrected chi connectivity index (χ0v) is 9.30. The Morgan fingerprint density at radius 3 is 2.82 bits per heavy atom. The summed E-state index contributed by atoms with van der Waals surface area (Å²) in [6, 6.07) is 2.05. The molecule has 88 valence electrons. The van der Waals surface area contributed by atoms with Crippen molar-refractivity contribution in [1.82, 2.24) is 9.97 Å². The fourth-order valence-corrected chi connectivity index (χ4v) is 2.31. The average Bonchev–Trinajstić information content (AvgIpc) is 3.00. The van der Waals surface area contributed by atoms with Crippen LogP contribution in [0.4, 0.5) is 5.82 Å². The normalized spacial score (nSPS) is 21.9. The molecule has 1 aromatic rings. The number of hydrogen-bond donors (Lipinski definition) is 0. The molecule has 3 rings (SSSR count). The van der Waals surface area contributed by atoms with Gasteiger partial charge in [-0.15, -0.1) is 0 Å². The molecular formula is C11H12N4O2. The van der Waals surface area contributed by atoms with Crippen LogP contribution in [0.2, 0.25) is 0 Å². The van der Waals surface area contributed by atoms with Crippen LogP contribution in [-0.4, -0.2) is 42.1 Å². The lowest BCUT2D eigenvalue weighted by molar-refractivity contribution is -0.137. The second-order valence-electron chi connectivity index (χ2n) is 4.12. The molecule has 1 spiro atoms. The van der Waals surface area contributed by atoms with E-state index < -0.39 is 5.79 Å². The highest BCUT2D eigenvalue weighted by Crippen LogP contribution is 2.33. The van der Waals surface area contributed by atoms with Crippen LogP contribution in [0.3, 0.4) is 0 Å². The van der Waals surface area contributed by atoms with Crippen LogP contribution in [0.25, 0.3) is 0 Å². The minimum absolute atomic E-state index is 0.350. The third kappa shape index (κ3) is 1.73. The number of anilines is 1. The van der Waals surface area contributed by atoms with Crippen molar-refractivity contribution in [1.29, 1.82) is 5.26 Å². The molecule has 6 nitrogen and oxygen atoms in total. The SMILES string of the molecule is N#Cc1nccnc1N1CCC2(C1)OCCO2. The van der Waals surface area contributed by atoms with Crippen LogP contribution in [0.5, 0.6) is 0 Å². The molecule has 0 amide bonds. The van der Waals surface area contributed by atoms with Crippen LogP contribution in [-0.2, 0) is 9.47 Å². The number of ether oxygens (including phenoxy) is 2. The van der Waals surface area contributed by atoms with E-state index in [-0.39, 0.29) is 0 Å². The van der Waals surface area contributed by atoms with Gasteiger partial charge < -0.3 is 14.4 Å². The summed E-state index contributed by atoms with van der Waals surface area (Å²) in [6.07, 6.45) is 3.92. The molecule has 0 atom stereocenters. The maximum Gasteiger partial charge on any atom is 0.187 e. The van der Waals surface area contributed by atoms with Crippen molar-refractivity contribution in [3.8, 4) is 6.07 Å². The van der Waals surface area contributed by atoms with Gasteiger partial charge in [0.25, 0.3) is 0 Å². The maximum absolute atomic E-state index is 8.99. The van der Waals surface area contributed by atoms with Crippen molar-refractivity contribution in [2.45, 2.75) is 12.2 Å². The van der Waals surface area contributed by atoms with E-state index in [1.54, 1.807) is 6.20 Å². The smallest absolute Gasteiger partial charge is 0.187 e.